The van der Waals surface area contributed by atoms with Crippen LogP contribution in [0.3, 0.4) is 0 Å². The number of rotatable bonds is 4. The zero-order valence-electron chi connectivity index (χ0n) is 13.0. The third-order valence-corrected chi connectivity index (χ3v) is 4.02. The number of amides is 1. The highest BCUT2D eigenvalue weighted by atomic mass is 79.9. The normalized spacial score (nSPS) is 11.4. The van der Waals surface area contributed by atoms with Crippen LogP contribution in [0.2, 0.25) is 0 Å². The number of hydrogen-bond donors (Lipinski definition) is 1. The Balaban J connectivity index is 1.69. The van der Waals surface area contributed by atoms with Crippen molar-refractivity contribution in [2.75, 3.05) is 0 Å². The summed E-state index contributed by atoms with van der Waals surface area (Å²) < 4.78 is 40.0. The minimum atomic E-state index is -4.44. The van der Waals surface area contributed by atoms with Crippen molar-refractivity contribution in [1.29, 1.82) is 0 Å². The Morgan fingerprint density at radius 1 is 1.08 bits per heavy atom. The van der Waals surface area contributed by atoms with Gasteiger partial charge in [-0.05, 0) is 59.0 Å². The number of alkyl halides is 3. The highest BCUT2D eigenvalue weighted by Gasteiger charge is 2.30. The van der Waals surface area contributed by atoms with Gasteiger partial charge in [0, 0.05) is 10.0 Å². The van der Waals surface area contributed by atoms with Crippen LogP contribution in [0.5, 0.6) is 0 Å². The fourth-order valence-electron chi connectivity index (χ4n) is 2.17. The second kappa shape index (κ2) is 7.24. The van der Waals surface area contributed by atoms with Gasteiger partial charge in [-0.15, -0.1) is 5.10 Å². The maximum Gasteiger partial charge on any atom is 0.416 e. The third kappa shape index (κ3) is 4.07. The van der Waals surface area contributed by atoms with Gasteiger partial charge in [0.2, 0.25) is 0 Å². The predicted molar refractivity (Wildman–Crippen MR) is 89.5 cm³/mol. The molecular formula is C16H11BrF3N5O. The molecule has 0 bridgehead atoms. The Bertz CT molecular complexity index is 907. The van der Waals surface area contributed by atoms with Crippen LogP contribution in [-0.4, -0.2) is 26.1 Å². The molecule has 26 heavy (non-hydrogen) atoms. The van der Waals surface area contributed by atoms with Crippen LogP contribution in [-0.2, 0) is 12.7 Å². The van der Waals surface area contributed by atoms with E-state index in [2.05, 4.69) is 36.8 Å². The first kappa shape index (κ1) is 18.1. The summed E-state index contributed by atoms with van der Waals surface area (Å²) in [6.07, 6.45) is -4.44. The largest absolute Gasteiger partial charge is 0.416 e. The molecule has 1 aromatic heterocycles. The fourth-order valence-corrected chi connectivity index (χ4v) is 2.44. The quantitative estimate of drug-likeness (QED) is 0.695. The average molecular weight is 426 g/mol. The lowest BCUT2D eigenvalue weighted by atomic mass is 10.1. The summed E-state index contributed by atoms with van der Waals surface area (Å²) >= 11 is 3.33. The van der Waals surface area contributed by atoms with E-state index in [0.29, 0.717) is 11.5 Å². The Morgan fingerprint density at radius 2 is 1.73 bits per heavy atom. The van der Waals surface area contributed by atoms with E-state index in [-0.39, 0.29) is 12.1 Å². The Hall–Kier alpha value is -2.75. The van der Waals surface area contributed by atoms with E-state index in [0.717, 1.165) is 28.7 Å². The van der Waals surface area contributed by atoms with E-state index in [9.17, 15) is 18.0 Å². The van der Waals surface area contributed by atoms with Gasteiger partial charge in [-0.3, -0.25) is 4.79 Å². The van der Waals surface area contributed by atoms with Crippen LogP contribution >= 0.6 is 15.9 Å². The zero-order chi connectivity index (χ0) is 18.7. The predicted octanol–water partition coefficient (Wildman–Crippen LogP) is 3.37. The molecule has 6 nitrogen and oxygen atoms in total. The first-order chi connectivity index (χ1) is 12.3. The molecule has 0 radical (unpaired) electrons. The van der Waals surface area contributed by atoms with Crippen molar-refractivity contribution in [3.63, 3.8) is 0 Å². The van der Waals surface area contributed by atoms with Crippen molar-refractivity contribution in [2.24, 2.45) is 0 Å². The Morgan fingerprint density at radius 3 is 2.35 bits per heavy atom. The van der Waals surface area contributed by atoms with E-state index < -0.39 is 17.6 Å². The first-order valence-electron chi connectivity index (χ1n) is 7.33. The molecule has 0 unspecified atom stereocenters. The van der Waals surface area contributed by atoms with Gasteiger partial charge in [-0.25, -0.2) is 0 Å². The Labute approximate surface area is 154 Å². The van der Waals surface area contributed by atoms with Crippen LogP contribution < -0.4 is 5.32 Å². The maximum atomic E-state index is 12.6. The minimum Gasteiger partial charge on any atom is -0.345 e. The molecule has 0 aliphatic carbocycles. The highest BCUT2D eigenvalue weighted by Crippen LogP contribution is 2.29. The molecule has 10 heteroatoms. The summed E-state index contributed by atoms with van der Waals surface area (Å²) in [5.74, 6) is -0.142. The summed E-state index contributed by atoms with van der Waals surface area (Å²) in [6.45, 7) is 0.0168. The smallest absolute Gasteiger partial charge is 0.345 e. The van der Waals surface area contributed by atoms with Gasteiger partial charge in [-0.1, -0.05) is 15.9 Å². The highest BCUT2D eigenvalue weighted by molar-refractivity contribution is 9.10. The van der Waals surface area contributed by atoms with E-state index in [1.54, 1.807) is 12.1 Å². The Kier molecular flexibility index (Phi) is 5.03. The molecule has 0 fully saturated rings. The number of hydrogen-bond acceptors (Lipinski definition) is 4. The van der Waals surface area contributed by atoms with Crippen LogP contribution in [0.1, 0.15) is 21.7 Å². The second-order valence-electron chi connectivity index (χ2n) is 5.24. The first-order valence-corrected chi connectivity index (χ1v) is 8.12. The molecule has 0 atom stereocenters. The SMILES string of the molecule is O=C(NCc1nnnn1-c1ccc(Br)cc1)c1ccc(C(F)(F)F)cc1. The molecule has 2 aromatic carbocycles. The lowest BCUT2D eigenvalue weighted by Gasteiger charge is -2.08. The molecule has 0 saturated heterocycles. The average Bonchev–Trinajstić information content (AvgIpc) is 3.08. The molecule has 3 aromatic rings. The molecule has 0 saturated carbocycles. The molecule has 134 valence electrons. The number of aromatic nitrogens is 4. The molecule has 1 amide bonds. The van der Waals surface area contributed by atoms with Gasteiger partial charge in [0.05, 0.1) is 17.8 Å². The van der Waals surface area contributed by atoms with Gasteiger partial charge in [0.1, 0.15) is 0 Å². The molecule has 1 heterocycles. The lowest BCUT2D eigenvalue weighted by Crippen LogP contribution is -2.24. The van der Waals surface area contributed by atoms with E-state index >= 15 is 0 Å². The van der Waals surface area contributed by atoms with Crippen molar-refractivity contribution in [3.05, 3.63) is 70.0 Å². The number of benzene rings is 2. The van der Waals surface area contributed by atoms with Crippen molar-refractivity contribution in [2.45, 2.75) is 12.7 Å². The number of tetrazole rings is 1. The van der Waals surface area contributed by atoms with Crippen molar-refractivity contribution < 1.29 is 18.0 Å². The topological polar surface area (TPSA) is 72.7 Å². The van der Waals surface area contributed by atoms with Crippen LogP contribution in [0.15, 0.2) is 53.0 Å². The monoisotopic (exact) mass is 425 g/mol. The van der Waals surface area contributed by atoms with Gasteiger partial charge in [0.25, 0.3) is 5.91 Å². The van der Waals surface area contributed by atoms with Gasteiger partial charge in [0.15, 0.2) is 5.82 Å². The summed E-state index contributed by atoms with van der Waals surface area (Å²) in [5.41, 5.74) is 0.00544. The van der Waals surface area contributed by atoms with Crippen LogP contribution in [0.4, 0.5) is 13.2 Å². The summed E-state index contributed by atoms with van der Waals surface area (Å²) in [5, 5.41) is 13.9. The summed E-state index contributed by atoms with van der Waals surface area (Å²) in [4.78, 5) is 12.1. The molecule has 3 rings (SSSR count). The minimum absolute atomic E-state index is 0.0168. The molecule has 0 aliphatic rings. The maximum absolute atomic E-state index is 12.6. The zero-order valence-corrected chi connectivity index (χ0v) is 14.6. The fraction of sp³-hybridized carbons (Fsp3) is 0.125. The van der Waals surface area contributed by atoms with Gasteiger partial charge >= 0.3 is 6.18 Å². The van der Waals surface area contributed by atoms with Gasteiger partial charge < -0.3 is 5.32 Å². The standard InChI is InChI=1S/C16H11BrF3N5O/c17-12-5-7-13(8-6-12)25-14(22-23-24-25)9-21-15(26)10-1-3-11(4-2-10)16(18,19)20/h1-8H,9H2,(H,21,26). The third-order valence-electron chi connectivity index (χ3n) is 3.49. The van der Waals surface area contributed by atoms with Crippen LogP contribution in [0, 0.1) is 0 Å². The van der Waals surface area contributed by atoms with E-state index in [1.807, 2.05) is 12.1 Å². The van der Waals surface area contributed by atoms with Crippen molar-refractivity contribution in [3.8, 4) is 5.69 Å². The molecule has 0 spiro atoms. The van der Waals surface area contributed by atoms with Crippen LogP contribution in [0.25, 0.3) is 5.69 Å². The van der Waals surface area contributed by atoms with E-state index in [4.69, 9.17) is 0 Å². The summed E-state index contributed by atoms with van der Waals surface area (Å²) in [7, 11) is 0. The van der Waals surface area contributed by atoms with Gasteiger partial charge in [-0.2, -0.15) is 17.9 Å². The molecular weight excluding hydrogens is 415 g/mol. The number of nitrogens with zero attached hydrogens (tertiary/aromatic N) is 4. The summed E-state index contributed by atoms with van der Waals surface area (Å²) in [6, 6.07) is 11.2. The number of carbonyl (C=O) groups excluding carboxylic acids is 1. The molecule has 0 aliphatic heterocycles. The second-order valence-corrected chi connectivity index (χ2v) is 6.16. The number of carbonyl (C=O) groups is 1. The van der Waals surface area contributed by atoms with Crippen molar-refractivity contribution in [1.82, 2.24) is 25.5 Å². The lowest BCUT2D eigenvalue weighted by molar-refractivity contribution is -0.137. The molecule has 1 N–H and O–H groups in total. The number of halogens is 4. The van der Waals surface area contributed by atoms with Crippen molar-refractivity contribution >= 4 is 21.8 Å². The van der Waals surface area contributed by atoms with E-state index in [1.165, 1.54) is 4.68 Å². The number of nitrogens with one attached hydrogen (secondary N) is 1.